The van der Waals surface area contributed by atoms with Crippen LogP contribution in [0.2, 0.25) is 0 Å². The Morgan fingerprint density at radius 1 is 1.29 bits per heavy atom. The van der Waals surface area contributed by atoms with E-state index in [9.17, 15) is 4.79 Å². The quantitative estimate of drug-likeness (QED) is 0.807. The van der Waals surface area contributed by atoms with Gasteiger partial charge in [-0.25, -0.2) is 5.90 Å². The van der Waals surface area contributed by atoms with Gasteiger partial charge in [-0.3, -0.25) is 4.79 Å². The van der Waals surface area contributed by atoms with Crippen molar-refractivity contribution in [1.82, 2.24) is 4.90 Å². The van der Waals surface area contributed by atoms with Crippen molar-refractivity contribution in [2.75, 3.05) is 20.7 Å². The third-order valence-corrected chi connectivity index (χ3v) is 2.76. The Morgan fingerprint density at radius 2 is 1.82 bits per heavy atom. The maximum absolute atomic E-state index is 11.7. The Hall–Kier alpha value is -1.39. The van der Waals surface area contributed by atoms with Crippen molar-refractivity contribution < 1.29 is 9.63 Å². The minimum absolute atomic E-state index is 0.00410. The molecule has 0 saturated heterocycles. The molecule has 1 rings (SSSR count). The largest absolute Gasteiger partial charge is 0.345 e. The molecule has 0 spiro atoms. The van der Waals surface area contributed by atoms with E-state index in [0.717, 1.165) is 5.56 Å². The van der Waals surface area contributed by atoms with Gasteiger partial charge in [0.05, 0.1) is 6.61 Å². The lowest BCUT2D eigenvalue weighted by Crippen LogP contribution is -2.26. The number of carbonyl (C=O) groups is 1. The molecule has 1 aromatic rings. The van der Waals surface area contributed by atoms with Crippen LogP contribution in [-0.2, 0) is 10.3 Å². The first-order chi connectivity index (χ1) is 7.88. The van der Waals surface area contributed by atoms with E-state index in [4.69, 9.17) is 10.7 Å². The van der Waals surface area contributed by atoms with Gasteiger partial charge >= 0.3 is 0 Å². The van der Waals surface area contributed by atoms with Crippen LogP contribution in [0.1, 0.15) is 29.8 Å². The zero-order chi connectivity index (χ0) is 13.1. The number of amides is 1. The third-order valence-electron chi connectivity index (χ3n) is 2.76. The molecule has 0 aliphatic carbocycles. The Labute approximate surface area is 102 Å². The molecule has 0 saturated carbocycles. The van der Waals surface area contributed by atoms with E-state index in [-0.39, 0.29) is 11.3 Å². The highest BCUT2D eigenvalue weighted by atomic mass is 16.6. The van der Waals surface area contributed by atoms with Crippen LogP contribution in [-0.4, -0.2) is 31.5 Å². The lowest BCUT2D eigenvalue weighted by molar-refractivity contribution is 0.0827. The maximum Gasteiger partial charge on any atom is 0.253 e. The fourth-order valence-electron chi connectivity index (χ4n) is 1.61. The van der Waals surface area contributed by atoms with Gasteiger partial charge in [0.2, 0.25) is 0 Å². The van der Waals surface area contributed by atoms with Crippen LogP contribution in [0.5, 0.6) is 0 Å². The van der Waals surface area contributed by atoms with E-state index >= 15 is 0 Å². The molecule has 17 heavy (non-hydrogen) atoms. The summed E-state index contributed by atoms with van der Waals surface area (Å²) in [5, 5.41) is 0. The molecule has 0 aromatic heterocycles. The number of benzene rings is 1. The minimum atomic E-state index is -0.158. The van der Waals surface area contributed by atoms with Gasteiger partial charge in [-0.2, -0.15) is 0 Å². The van der Waals surface area contributed by atoms with Gasteiger partial charge in [-0.1, -0.05) is 26.0 Å². The highest BCUT2D eigenvalue weighted by Gasteiger charge is 2.21. The fourth-order valence-corrected chi connectivity index (χ4v) is 1.61. The van der Waals surface area contributed by atoms with Crippen molar-refractivity contribution >= 4 is 5.91 Å². The van der Waals surface area contributed by atoms with Gasteiger partial charge in [-0.05, 0) is 17.7 Å². The minimum Gasteiger partial charge on any atom is -0.345 e. The lowest BCUT2D eigenvalue weighted by Gasteiger charge is -2.24. The topological polar surface area (TPSA) is 55.6 Å². The van der Waals surface area contributed by atoms with Gasteiger partial charge in [0, 0.05) is 25.1 Å². The van der Waals surface area contributed by atoms with E-state index in [2.05, 4.69) is 0 Å². The summed E-state index contributed by atoms with van der Waals surface area (Å²) < 4.78 is 0. The number of hydrogen-bond acceptors (Lipinski definition) is 3. The van der Waals surface area contributed by atoms with Crippen LogP contribution in [0.3, 0.4) is 0 Å². The van der Waals surface area contributed by atoms with Crippen molar-refractivity contribution in [2.24, 2.45) is 5.90 Å². The van der Waals surface area contributed by atoms with Gasteiger partial charge in [0.15, 0.2) is 0 Å². The third kappa shape index (κ3) is 3.28. The van der Waals surface area contributed by atoms with E-state index in [1.54, 1.807) is 19.0 Å². The summed E-state index contributed by atoms with van der Waals surface area (Å²) in [6.07, 6.45) is 0. The number of carbonyl (C=O) groups excluding carboxylic acids is 1. The highest BCUT2D eigenvalue weighted by molar-refractivity contribution is 5.93. The monoisotopic (exact) mass is 236 g/mol. The zero-order valence-electron chi connectivity index (χ0n) is 10.9. The molecule has 1 aromatic carbocycles. The van der Waals surface area contributed by atoms with Crippen LogP contribution in [0, 0.1) is 0 Å². The van der Waals surface area contributed by atoms with Crippen LogP contribution < -0.4 is 5.90 Å². The maximum atomic E-state index is 11.7. The molecule has 0 heterocycles. The van der Waals surface area contributed by atoms with Crippen LogP contribution in [0.4, 0.5) is 0 Å². The second-order valence-electron chi connectivity index (χ2n) is 4.97. The second kappa shape index (κ2) is 5.29. The Kier molecular flexibility index (Phi) is 4.26. The van der Waals surface area contributed by atoms with Crippen molar-refractivity contribution in [2.45, 2.75) is 19.3 Å². The first kappa shape index (κ1) is 13.7. The second-order valence-corrected chi connectivity index (χ2v) is 4.97. The molecular weight excluding hydrogens is 216 g/mol. The number of nitrogens with two attached hydrogens (primary N) is 1. The van der Waals surface area contributed by atoms with E-state index in [1.807, 2.05) is 38.1 Å². The van der Waals surface area contributed by atoms with Gasteiger partial charge in [0.1, 0.15) is 0 Å². The number of rotatable bonds is 4. The van der Waals surface area contributed by atoms with E-state index in [1.165, 1.54) is 0 Å². The van der Waals surface area contributed by atoms with Gasteiger partial charge < -0.3 is 9.74 Å². The molecule has 4 heteroatoms. The summed E-state index contributed by atoms with van der Waals surface area (Å²) >= 11 is 0. The summed E-state index contributed by atoms with van der Waals surface area (Å²) in [4.78, 5) is 18.0. The zero-order valence-corrected chi connectivity index (χ0v) is 10.9. The molecule has 0 radical (unpaired) electrons. The Bertz CT molecular complexity index is 383. The molecule has 0 unspecified atom stereocenters. The Morgan fingerprint density at radius 3 is 2.24 bits per heavy atom. The van der Waals surface area contributed by atoms with Crippen molar-refractivity contribution in [3.05, 3.63) is 35.4 Å². The summed E-state index contributed by atoms with van der Waals surface area (Å²) in [6.45, 7) is 4.53. The molecule has 4 nitrogen and oxygen atoms in total. The van der Waals surface area contributed by atoms with Crippen LogP contribution in [0.25, 0.3) is 0 Å². The average molecular weight is 236 g/mol. The van der Waals surface area contributed by atoms with Crippen molar-refractivity contribution in [1.29, 1.82) is 0 Å². The van der Waals surface area contributed by atoms with Crippen molar-refractivity contribution in [3.8, 4) is 0 Å². The standard InChI is InChI=1S/C13H20N2O2/c1-13(2,9-17-14)11-7-5-10(6-8-11)12(16)15(3)4/h5-8H,9,14H2,1-4H3. The molecule has 0 atom stereocenters. The summed E-state index contributed by atoms with van der Waals surface area (Å²) in [5.41, 5.74) is 1.62. The molecule has 0 aliphatic rings. The van der Waals surface area contributed by atoms with Gasteiger partial charge in [0.25, 0.3) is 5.91 Å². The number of nitrogens with zero attached hydrogens (tertiary/aromatic N) is 1. The summed E-state index contributed by atoms with van der Waals surface area (Å²) in [5.74, 6) is 5.11. The predicted octanol–water partition coefficient (Wildman–Crippen LogP) is 1.56. The lowest BCUT2D eigenvalue weighted by atomic mass is 9.85. The molecule has 1 amide bonds. The normalized spacial score (nSPS) is 11.4. The molecule has 2 N–H and O–H groups in total. The molecule has 94 valence electrons. The summed E-state index contributed by atoms with van der Waals surface area (Å²) in [7, 11) is 3.48. The molecule has 0 bridgehead atoms. The van der Waals surface area contributed by atoms with Crippen molar-refractivity contribution in [3.63, 3.8) is 0 Å². The first-order valence-electron chi connectivity index (χ1n) is 5.52. The number of hydrogen-bond donors (Lipinski definition) is 1. The molecular formula is C13H20N2O2. The first-order valence-corrected chi connectivity index (χ1v) is 5.52. The molecule has 0 fully saturated rings. The predicted molar refractivity (Wildman–Crippen MR) is 67.6 cm³/mol. The molecule has 0 aliphatic heterocycles. The smallest absolute Gasteiger partial charge is 0.253 e. The highest BCUT2D eigenvalue weighted by Crippen LogP contribution is 2.23. The Balaban J connectivity index is 2.92. The van der Waals surface area contributed by atoms with E-state index < -0.39 is 0 Å². The van der Waals surface area contributed by atoms with E-state index in [0.29, 0.717) is 12.2 Å². The average Bonchev–Trinajstić information content (AvgIpc) is 2.28. The van der Waals surface area contributed by atoms with Gasteiger partial charge in [-0.15, -0.1) is 0 Å². The van der Waals surface area contributed by atoms with Crippen LogP contribution in [0.15, 0.2) is 24.3 Å². The SMILES string of the molecule is CN(C)C(=O)c1ccc(C(C)(C)CON)cc1. The fraction of sp³-hybridized carbons (Fsp3) is 0.462. The summed E-state index contributed by atoms with van der Waals surface area (Å²) in [6, 6.07) is 7.54. The van der Waals surface area contributed by atoms with Crippen LogP contribution >= 0.6 is 0 Å².